The molecule has 0 bridgehead atoms. The Morgan fingerprint density at radius 2 is 2.00 bits per heavy atom. The number of aliphatic hydroxyl groups is 1. The zero-order chi connectivity index (χ0) is 14.5. The summed E-state index contributed by atoms with van der Waals surface area (Å²) in [6, 6.07) is 1.82. The van der Waals surface area contributed by atoms with Gasteiger partial charge in [0.25, 0.3) is 0 Å². The van der Waals surface area contributed by atoms with Gasteiger partial charge >= 0.3 is 0 Å². The molecule has 108 valence electrons. The van der Waals surface area contributed by atoms with Crippen LogP contribution in [0.25, 0.3) is 0 Å². The van der Waals surface area contributed by atoms with Crippen LogP contribution in [0.15, 0.2) is 18.5 Å². The molecule has 4 heteroatoms. The van der Waals surface area contributed by atoms with E-state index < -0.39 is 11.7 Å². The van der Waals surface area contributed by atoms with Crippen LogP contribution in [-0.2, 0) is 4.74 Å². The molecule has 0 aliphatic heterocycles. The Kier molecular flexibility index (Phi) is 5.76. The lowest BCUT2D eigenvalue weighted by molar-refractivity contribution is -0.113. The van der Waals surface area contributed by atoms with Gasteiger partial charge < -0.3 is 14.6 Å². The first-order valence-electron chi connectivity index (χ1n) is 6.86. The summed E-state index contributed by atoms with van der Waals surface area (Å²) < 4.78 is 11.3. The summed E-state index contributed by atoms with van der Waals surface area (Å²) in [5.74, 6) is 0.668. The number of hydrogen-bond donors (Lipinski definition) is 1. The number of ether oxygens (including phenoxy) is 2. The summed E-state index contributed by atoms with van der Waals surface area (Å²) in [7, 11) is 0. The van der Waals surface area contributed by atoms with E-state index in [1.54, 1.807) is 12.4 Å². The minimum absolute atomic E-state index is 0.0821. The van der Waals surface area contributed by atoms with Crippen molar-refractivity contribution >= 4 is 0 Å². The lowest BCUT2D eigenvalue weighted by atomic mass is 9.91. The third-order valence-corrected chi connectivity index (χ3v) is 3.18. The normalized spacial score (nSPS) is 16.2. The lowest BCUT2D eigenvalue weighted by Crippen LogP contribution is -2.35. The van der Waals surface area contributed by atoms with Gasteiger partial charge in [-0.15, -0.1) is 0 Å². The molecule has 2 atom stereocenters. The fourth-order valence-corrected chi connectivity index (χ4v) is 1.98. The van der Waals surface area contributed by atoms with Gasteiger partial charge in [-0.2, -0.15) is 0 Å². The minimum Gasteiger partial charge on any atom is -0.489 e. The van der Waals surface area contributed by atoms with Crippen LogP contribution in [0.1, 0.15) is 52.7 Å². The fraction of sp³-hybridized carbons (Fsp3) is 0.667. The predicted molar refractivity (Wildman–Crippen MR) is 75.3 cm³/mol. The Morgan fingerprint density at radius 1 is 1.32 bits per heavy atom. The number of rotatable bonds is 7. The fourth-order valence-electron chi connectivity index (χ4n) is 1.98. The van der Waals surface area contributed by atoms with E-state index in [0.717, 1.165) is 12.0 Å². The van der Waals surface area contributed by atoms with Crippen molar-refractivity contribution in [1.29, 1.82) is 0 Å². The van der Waals surface area contributed by atoms with Crippen LogP contribution in [0.3, 0.4) is 0 Å². The van der Waals surface area contributed by atoms with E-state index in [1.165, 1.54) is 0 Å². The molecule has 1 N–H and O–H groups in total. The summed E-state index contributed by atoms with van der Waals surface area (Å²) in [6.07, 6.45) is 3.39. The van der Waals surface area contributed by atoms with E-state index >= 15 is 0 Å². The highest BCUT2D eigenvalue weighted by atomic mass is 16.5. The predicted octanol–water partition coefficient (Wildman–Crippen LogP) is 3.11. The molecular formula is C15H25NO3. The third-order valence-electron chi connectivity index (χ3n) is 3.18. The van der Waals surface area contributed by atoms with Crippen LogP contribution >= 0.6 is 0 Å². The Bertz CT molecular complexity index is 395. The smallest absolute Gasteiger partial charge is 0.138 e. The molecule has 1 rings (SSSR count). The molecule has 19 heavy (non-hydrogen) atoms. The molecule has 0 aliphatic rings. The number of pyridine rings is 1. The van der Waals surface area contributed by atoms with Gasteiger partial charge in [-0.3, -0.25) is 4.98 Å². The number of hydrogen-bond acceptors (Lipinski definition) is 4. The molecule has 0 radical (unpaired) electrons. The molecule has 0 aromatic carbocycles. The first-order chi connectivity index (χ1) is 8.92. The second-order valence-corrected chi connectivity index (χ2v) is 5.12. The van der Waals surface area contributed by atoms with Crippen molar-refractivity contribution in [2.75, 3.05) is 6.61 Å². The Hall–Kier alpha value is -1.13. The first-order valence-corrected chi connectivity index (χ1v) is 6.86. The van der Waals surface area contributed by atoms with Crippen molar-refractivity contribution < 1.29 is 14.6 Å². The van der Waals surface area contributed by atoms with Crippen molar-refractivity contribution in [2.24, 2.45) is 0 Å². The highest BCUT2D eigenvalue weighted by Gasteiger charge is 2.33. The van der Waals surface area contributed by atoms with Crippen molar-refractivity contribution in [3.63, 3.8) is 0 Å². The van der Waals surface area contributed by atoms with E-state index in [0.29, 0.717) is 12.4 Å². The van der Waals surface area contributed by atoms with Crippen LogP contribution in [-0.4, -0.2) is 28.4 Å². The zero-order valence-electron chi connectivity index (χ0n) is 12.5. The summed E-state index contributed by atoms with van der Waals surface area (Å²) >= 11 is 0. The standard InChI is InChI=1S/C15H25NO3/c1-6-15(5,18-7-2)14(17)12-8-13(10-16-9-12)19-11(3)4/h8-11,14,17H,6-7H2,1-5H3. The number of nitrogens with zero attached hydrogens (tertiary/aromatic N) is 1. The Morgan fingerprint density at radius 3 is 2.53 bits per heavy atom. The molecule has 0 fully saturated rings. The SMILES string of the molecule is CCOC(C)(CC)C(O)c1cncc(OC(C)C)c1. The van der Waals surface area contributed by atoms with Crippen LogP contribution in [0.4, 0.5) is 0 Å². The Balaban J connectivity index is 2.95. The molecular weight excluding hydrogens is 242 g/mol. The number of aliphatic hydroxyl groups excluding tert-OH is 1. The highest BCUT2D eigenvalue weighted by molar-refractivity contribution is 5.26. The maximum atomic E-state index is 10.5. The van der Waals surface area contributed by atoms with E-state index in [1.807, 2.05) is 40.7 Å². The molecule has 0 saturated heterocycles. The summed E-state index contributed by atoms with van der Waals surface area (Å²) in [4.78, 5) is 4.13. The second kappa shape index (κ2) is 6.87. The Labute approximate surface area is 115 Å². The van der Waals surface area contributed by atoms with Gasteiger partial charge in [0.2, 0.25) is 0 Å². The van der Waals surface area contributed by atoms with Crippen molar-refractivity contribution in [3.8, 4) is 5.75 Å². The van der Waals surface area contributed by atoms with Gasteiger partial charge in [-0.25, -0.2) is 0 Å². The van der Waals surface area contributed by atoms with Crippen LogP contribution in [0.2, 0.25) is 0 Å². The molecule has 0 amide bonds. The highest BCUT2D eigenvalue weighted by Crippen LogP contribution is 2.33. The van der Waals surface area contributed by atoms with Gasteiger partial charge in [-0.1, -0.05) is 6.92 Å². The van der Waals surface area contributed by atoms with E-state index in [2.05, 4.69) is 4.98 Å². The van der Waals surface area contributed by atoms with Crippen LogP contribution in [0, 0.1) is 0 Å². The molecule has 1 aromatic heterocycles. The molecule has 0 aliphatic carbocycles. The average molecular weight is 267 g/mol. The van der Waals surface area contributed by atoms with Gasteiger partial charge in [0.1, 0.15) is 11.9 Å². The lowest BCUT2D eigenvalue weighted by Gasteiger charge is -2.33. The zero-order valence-corrected chi connectivity index (χ0v) is 12.5. The van der Waals surface area contributed by atoms with Crippen LogP contribution < -0.4 is 4.74 Å². The maximum Gasteiger partial charge on any atom is 0.138 e. The molecule has 1 aromatic rings. The second-order valence-electron chi connectivity index (χ2n) is 5.12. The van der Waals surface area contributed by atoms with Gasteiger partial charge in [0.15, 0.2) is 0 Å². The van der Waals surface area contributed by atoms with E-state index in [-0.39, 0.29) is 6.10 Å². The van der Waals surface area contributed by atoms with Crippen molar-refractivity contribution in [1.82, 2.24) is 4.98 Å². The van der Waals surface area contributed by atoms with Crippen LogP contribution in [0.5, 0.6) is 5.75 Å². The van der Waals surface area contributed by atoms with Gasteiger partial charge in [-0.05, 0) is 40.2 Å². The average Bonchev–Trinajstić information content (AvgIpc) is 2.37. The summed E-state index contributed by atoms with van der Waals surface area (Å²) in [5.41, 5.74) is 0.114. The molecule has 0 saturated carbocycles. The monoisotopic (exact) mass is 267 g/mol. The minimum atomic E-state index is -0.722. The molecule has 2 unspecified atom stereocenters. The van der Waals surface area contributed by atoms with Gasteiger partial charge in [0.05, 0.1) is 17.9 Å². The number of aromatic nitrogens is 1. The van der Waals surface area contributed by atoms with Crippen molar-refractivity contribution in [3.05, 3.63) is 24.0 Å². The topological polar surface area (TPSA) is 51.6 Å². The van der Waals surface area contributed by atoms with Crippen molar-refractivity contribution in [2.45, 2.75) is 58.8 Å². The summed E-state index contributed by atoms with van der Waals surface area (Å²) in [6.45, 7) is 10.3. The first kappa shape index (κ1) is 15.9. The third kappa shape index (κ3) is 4.18. The molecule has 4 nitrogen and oxygen atoms in total. The summed E-state index contributed by atoms with van der Waals surface area (Å²) in [5, 5.41) is 10.5. The quantitative estimate of drug-likeness (QED) is 0.824. The largest absolute Gasteiger partial charge is 0.489 e. The van der Waals surface area contributed by atoms with E-state index in [4.69, 9.17) is 9.47 Å². The van der Waals surface area contributed by atoms with E-state index in [9.17, 15) is 5.11 Å². The van der Waals surface area contributed by atoms with Gasteiger partial charge in [0, 0.05) is 18.4 Å². The molecule has 1 heterocycles. The maximum absolute atomic E-state index is 10.5. The molecule has 0 spiro atoms.